The molecule has 0 bridgehead atoms. The number of carbonyl (C=O) groups excluding carboxylic acids is 1. The first-order valence-electron chi connectivity index (χ1n) is 5.99. The maximum atomic E-state index is 11.8. The normalized spacial score (nSPS) is 24.9. The molecule has 0 radical (unpaired) electrons. The Morgan fingerprint density at radius 3 is 2.53 bits per heavy atom. The maximum Gasteiger partial charge on any atom is 0.410 e. The molecule has 1 fully saturated rings. The molecule has 0 aliphatic carbocycles. The third kappa shape index (κ3) is 4.38. The number of amides is 1. The number of hydrogen-bond acceptors (Lipinski definition) is 3. The van der Waals surface area contributed by atoms with Crippen LogP contribution in [0.3, 0.4) is 0 Å². The van der Waals surface area contributed by atoms with E-state index in [1.54, 1.807) is 4.90 Å². The van der Waals surface area contributed by atoms with Gasteiger partial charge in [-0.3, -0.25) is 0 Å². The number of allylic oxidation sites excluding steroid dienone is 1. The van der Waals surface area contributed by atoms with Crippen molar-refractivity contribution in [2.75, 3.05) is 13.1 Å². The predicted molar refractivity (Wildman–Crippen MR) is 66.7 cm³/mol. The second kappa shape index (κ2) is 5.08. The lowest BCUT2D eigenvalue weighted by molar-refractivity contribution is 0.0270. The number of hydrogen-bond donors (Lipinski definition) is 1. The zero-order valence-corrected chi connectivity index (χ0v) is 11.2. The SMILES string of the molecule is C=C(C)CC1CN(C(=O)OC(C)(C)C)CC1O. The summed E-state index contributed by atoms with van der Waals surface area (Å²) < 4.78 is 5.28. The standard InChI is InChI=1S/C13H23NO3/c1-9(2)6-10-7-14(8-11(10)15)12(16)17-13(3,4)5/h10-11,15H,1,6-8H2,2-5H3. The third-order valence-electron chi connectivity index (χ3n) is 2.67. The topological polar surface area (TPSA) is 49.8 Å². The molecule has 4 heteroatoms. The van der Waals surface area contributed by atoms with Crippen LogP contribution in [0.25, 0.3) is 0 Å². The van der Waals surface area contributed by atoms with Gasteiger partial charge in [-0.2, -0.15) is 0 Å². The molecule has 1 N–H and O–H groups in total. The van der Waals surface area contributed by atoms with Crippen LogP contribution in [0.15, 0.2) is 12.2 Å². The van der Waals surface area contributed by atoms with Gasteiger partial charge in [-0.15, -0.1) is 6.58 Å². The van der Waals surface area contributed by atoms with Gasteiger partial charge in [0.2, 0.25) is 0 Å². The minimum absolute atomic E-state index is 0.0834. The molecule has 0 spiro atoms. The largest absolute Gasteiger partial charge is 0.444 e. The van der Waals surface area contributed by atoms with E-state index in [1.165, 1.54) is 0 Å². The van der Waals surface area contributed by atoms with Crippen LogP contribution >= 0.6 is 0 Å². The highest BCUT2D eigenvalue weighted by molar-refractivity contribution is 5.68. The summed E-state index contributed by atoms with van der Waals surface area (Å²) in [5.41, 5.74) is 0.536. The van der Waals surface area contributed by atoms with Crippen molar-refractivity contribution in [2.45, 2.75) is 45.8 Å². The number of ether oxygens (including phenoxy) is 1. The van der Waals surface area contributed by atoms with Gasteiger partial charge in [-0.25, -0.2) is 4.79 Å². The van der Waals surface area contributed by atoms with E-state index in [-0.39, 0.29) is 12.0 Å². The molecule has 1 aliphatic rings. The first-order chi connectivity index (χ1) is 7.69. The Labute approximate surface area is 103 Å². The summed E-state index contributed by atoms with van der Waals surface area (Å²) >= 11 is 0. The van der Waals surface area contributed by atoms with E-state index < -0.39 is 11.7 Å². The Hall–Kier alpha value is -1.03. The molecule has 2 atom stereocenters. The van der Waals surface area contributed by atoms with Gasteiger partial charge in [-0.1, -0.05) is 5.57 Å². The summed E-state index contributed by atoms with van der Waals surface area (Å²) in [6.45, 7) is 12.2. The Kier molecular flexibility index (Phi) is 4.20. The molecule has 1 rings (SSSR count). The number of likely N-dealkylation sites (tertiary alicyclic amines) is 1. The van der Waals surface area contributed by atoms with Crippen molar-refractivity contribution in [3.8, 4) is 0 Å². The molecule has 17 heavy (non-hydrogen) atoms. The predicted octanol–water partition coefficient (Wildman–Crippen LogP) is 2.18. The molecule has 1 saturated heterocycles. The third-order valence-corrected chi connectivity index (χ3v) is 2.67. The van der Waals surface area contributed by atoms with Crippen LogP contribution in [0.2, 0.25) is 0 Å². The first kappa shape index (κ1) is 14.0. The van der Waals surface area contributed by atoms with Crippen LogP contribution in [-0.4, -0.2) is 40.9 Å². The molecule has 0 aromatic heterocycles. The number of aliphatic hydroxyl groups is 1. The fraction of sp³-hybridized carbons (Fsp3) is 0.769. The molecular weight excluding hydrogens is 218 g/mol. The Morgan fingerprint density at radius 1 is 1.47 bits per heavy atom. The minimum Gasteiger partial charge on any atom is -0.444 e. The number of nitrogens with zero attached hydrogens (tertiary/aromatic N) is 1. The van der Waals surface area contributed by atoms with Crippen molar-refractivity contribution in [1.82, 2.24) is 4.90 Å². The summed E-state index contributed by atoms with van der Waals surface area (Å²) in [5.74, 6) is 0.0834. The molecule has 98 valence electrons. The van der Waals surface area contributed by atoms with Gasteiger partial charge in [0.1, 0.15) is 5.60 Å². The highest BCUT2D eigenvalue weighted by Crippen LogP contribution is 2.24. The number of carbonyl (C=O) groups is 1. The van der Waals surface area contributed by atoms with E-state index in [4.69, 9.17) is 4.74 Å². The van der Waals surface area contributed by atoms with Crippen LogP contribution in [0.5, 0.6) is 0 Å². The Bertz CT molecular complexity index is 306. The minimum atomic E-state index is -0.492. The van der Waals surface area contributed by atoms with E-state index >= 15 is 0 Å². The average Bonchev–Trinajstić information content (AvgIpc) is 2.44. The van der Waals surface area contributed by atoms with Crippen molar-refractivity contribution >= 4 is 6.09 Å². The van der Waals surface area contributed by atoms with Crippen LogP contribution in [-0.2, 0) is 4.74 Å². The fourth-order valence-corrected chi connectivity index (χ4v) is 1.98. The summed E-state index contributed by atoms with van der Waals surface area (Å²) in [6, 6.07) is 0. The van der Waals surface area contributed by atoms with Gasteiger partial charge in [0.05, 0.1) is 12.6 Å². The quantitative estimate of drug-likeness (QED) is 0.754. The van der Waals surface area contributed by atoms with Crippen molar-refractivity contribution < 1.29 is 14.6 Å². The summed E-state index contributed by atoms with van der Waals surface area (Å²) in [5, 5.41) is 9.86. The lowest BCUT2D eigenvalue weighted by atomic mass is 9.98. The van der Waals surface area contributed by atoms with Crippen molar-refractivity contribution in [1.29, 1.82) is 0 Å². The van der Waals surface area contributed by atoms with E-state index in [0.29, 0.717) is 13.1 Å². The molecule has 0 aromatic rings. The maximum absolute atomic E-state index is 11.8. The lowest BCUT2D eigenvalue weighted by Gasteiger charge is -2.24. The Balaban J connectivity index is 2.53. The molecule has 4 nitrogen and oxygen atoms in total. The molecule has 0 saturated carbocycles. The van der Waals surface area contributed by atoms with E-state index in [2.05, 4.69) is 6.58 Å². The van der Waals surface area contributed by atoms with Crippen molar-refractivity contribution in [3.05, 3.63) is 12.2 Å². The van der Waals surface area contributed by atoms with Gasteiger partial charge in [0, 0.05) is 12.5 Å². The highest BCUT2D eigenvalue weighted by Gasteiger charge is 2.35. The highest BCUT2D eigenvalue weighted by atomic mass is 16.6. The van der Waals surface area contributed by atoms with Crippen LogP contribution in [0.1, 0.15) is 34.1 Å². The lowest BCUT2D eigenvalue weighted by Crippen LogP contribution is -2.35. The van der Waals surface area contributed by atoms with Crippen LogP contribution < -0.4 is 0 Å². The number of rotatable bonds is 2. The summed E-state index contributed by atoms with van der Waals surface area (Å²) in [4.78, 5) is 13.4. The van der Waals surface area contributed by atoms with Crippen LogP contribution in [0.4, 0.5) is 4.79 Å². The summed E-state index contributed by atoms with van der Waals surface area (Å²) in [7, 11) is 0. The number of β-amino-alcohol motifs (C(OH)–C–C–N with tert-alkyl or cyclic N) is 1. The van der Waals surface area contributed by atoms with Gasteiger partial charge in [0.15, 0.2) is 0 Å². The zero-order valence-electron chi connectivity index (χ0n) is 11.2. The second-order valence-corrected chi connectivity index (χ2v) is 5.87. The second-order valence-electron chi connectivity index (χ2n) is 5.87. The molecular formula is C13H23NO3. The van der Waals surface area contributed by atoms with Gasteiger partial charge >= 0.3 is 6.09 Å². The average molecular weight is 241 g/mol. The first-order valence-corrected chi connectivity index (χ1v) is 5.99. The van der Waals surface area contributed by atoms with Gasteiger partial charge in [-0.05, 0) is 34.1 Å². The molecule has 1 heterocycles. The smallest absolute Gasteiger partial charge is 0.410 e. The fourth-order valence-electron chi connectivity index (χ4n) is 1.98. The molecule has 1 aliphatic heterocycles. The summed E-state index contributed by atoms with van der Waals surface area (Å²) in [6.07, 6.45) is -0.0690. The van der Waals surface area contributed by atoms with Crippen LogP contribution in [0, 0.1) is 5.92 Å². The molecule has 0 aromatic carbocycles. The molecule has 2 unspecified atom stereocenters. The monoisotopic (exact) mass is 241 g/mol. The Morgan fingerprint density at radius 2 is 2.06 bits per heavy atom. The van der Waals surface area contributed by atoms with Crippen molar-refractivity contribution in [3.63, 3.8) is 0 Å². The molecule has 1 amide bonds. The van der Waals surface area contributed by atoms with E-state index in [1.807, 2.05) is 27.7 Å². The van der Waals surface area contributed by atoms with Gasteiger partial charge < -0.3 is 14.7 Å². The van der Waals surface area contributed by atoms with Crippen molar-refractivity contribution in [2.24, 2.45) is 5.92 Å². The zero-order chi connectivity index (χ0) is 13.2. The van der Waals surface area contributed by atoms with Gasteiger partial charge in [0.25, 0.3) is 0 Å². The number of aliphatic hydroxyl groups excluding tert-OH is 1. The van der Waals surface area contributed by atoms with E-state index in [0.717, 1.165) is 12.0 Å². The van der Waals surface area contributed by atoms with E-state index in [9.17, 15) is 9.90 Å².